The number of likely N-dealkylation sites (tertiary alicyclic amines) is 1. The van der Waals surface area contributed by atoms with E-state index in [-0.39, 0.29) is 60.0 Å². The lowest BCUT2D eigenvalue weighted by Crippen LogP contribution is -2.49. The molecular formula is C36H47Cl3FN7O4S. The predicted octanol–water partition coefficient (Wildman–Crippen LogP) is 6.21. The molecule has 2 fully saturated rings. The van der Waals surface area contributed by atoms with Gasteiger partial charge in [0.25, 0.3) is 0 Å². The predicted molar refractivity (Wildman–Crippen MR) is 210 cm³/mol. The molecule has 2 aliphatic rings. The summed E-state index contributed by atoms with van der Waals surface area (Å²) in [6.07, 6.45) is 1.57. The van der Waals surface area contributed by atoms with Gasteiger partial charge in [0.1, 0.15) is 5.82 Å². The molecule has 2 saturated heterocycles. The van der Waals surface area contributed by atoms with Crippen molar-refractivity contribution in [3.05, 3.63) is 102 Å². The number of piperidine rings is 1. The molecule has 0 radical (unpaired) electrons. The fourth-order valence-corrected chi connectivity index (χ4v) is 7.55. The van der Waals surface area contributed by atoms with Crippen LogP contribution in [0.3, 0.4) is 0 Å². The first-order valence-electron chi connectivity index (χ1n) is 16.8. The third-order valence-corrected chi connectivity index (χ3v) is 10.8. The molecule has 6 rings (SSSR count). The Bertz CT molecular complexity index is 1820. The number of aromatic nitrogens is 2. The van der Waals surface area contributed by atoms with Gasteiger partial charge in [0.15, 0.2) is 0 Å². The van der Waals surface area contributed by atoms with Crippen molar-refractivity contribution in [3.8, 4) is 5.69 Å². The molecule has 3 heterocycles. The van der Waals surface area contributed by atoms with Crippen LogP contribution >= 0.6 is 37.2 Å². The molecule has 0 atom stereocenters. The Kier molecular flexibility index (Phi) is 16.3. The maximum Gasteiger partial charge on any atom is 0.326 e. The molecule has 52 heavy (non-hydrogen) atoms. The zero-order chi connectivity index (χ0) is 34.4. The number of carbonyl (C=O) groups is 1. The Morgan fingerprint density at radius 3 is 2.15 bits per heavy atom. The quantitative estimate of drug-likeness (QED) is 0.186. The van der Waals surface area contributed by atoms with Crippen LogP contribution in [0.25, 0.3) is 5.69 Å². The number of sulfonamides is 1. The summed E-state index contributed by atoms with van der Waals surface area (Å²) in [6, 6.07) is 22.0. The zero-order valence-electron chi connectivity index (χ0n) is 29.2. The van der Waals surface area contributed by atoms with E-state index in [0.29, 0.717) is 32.0 Å². The average molecular weight is 799 g/mol. The first kappa shape index (κ1) is 43.1. The van der Waals surface area contributed by atoms with Crippen LogP contribution in [0.4, 0.5) is 20.6 Å². The van der Waals surface area contributed by atoms with E-state index < -0.39 is 10.0 Å². The van der Waals surface area contributed by atoms with Crippen molar-refractivity contribution in [3.63, 3.8) is 0 Å². The van der Waals surface area contributed by atoms with E-state index in [4.69, 9.17) is 9.84 Å². The molecule has 284 valence electrons. The first-order chi connectivity index (χ1) is 23.7. The fraction of sp³-hybridized carbons (Fsp3) is 0.389. The molecule has 0 unspecified atom stereocenters. The summed E-state index contributed by atoms with van der Waals surface area (Å²) < 4.78 is 49.2. The number of anilines is 2. The number of hydrogen-bond acceptors (Lipinski definition) is 7. The molecular weight excluding hydrogens is 752 g/mol. The molecule has 11 nitrogen and oxygen atoms in total. The number of nitrogens with one attached hydrogen (secondary N) is 2. The van der Waals surface area contributed by atoms with Gasteiger partial charge in [0, 0.05) is 74.5 Å². The van der Waals surface area contributed by atoms with Crippen LogP contribution < -0.4 is 14.9 Å². The Morgan fingerprint density at radius 2 is 1.52 bits per heavy atom. The van der Waals surface area contributed by atoms with E-state index in [2.05, 4.69) is 19.8 Å². The smallest absolute Gasteiger partial charge is 0.326 e. The average Bonchev–Trinajstić information content (AvgIpc) is 3.39. The number of morpholine rings is 1. The van der Waals surface area contributed by atoms with E-state index in [1.54, 1.807) is 36.4 Å². The molecule has 0 saturated carbocycles. The topological polar surface area (TPSA) is 112 Å². The summed E-state index contributed by atoms with van der Waals surface area (Å²) >= 11 is 0. The van der Waals surface area contributed by atoms with Gasteiger partial charge in [0.2, 0.25) is 10.0 Å². The van der Waals surface area contributed by atoms with Crippen LogP contribution in [-0.2, 0) is 21.3 Å². The van der Waals surface area contributed by atoms with Crippen LogP contribution in [-0.4, -0.2) is 92.6 Å². The van der Waals surface area contributed by atoms with Crippen molar-refractivity contribution in [2.24, 2.45) is 0 Å². The van der Waals surface area contributed by atoms with Gasteiger partial charge in [-0.15, -0.1) is 37.2 Å². The molecule has 1 aromatic heterocycles. The number of urea groups is 1. The summed E-state index contributed by atoms with van der Waals surface area (Å²) in [5, 5.41) is 7.75. The Labute approximate surface area is 324 Å². The lowest BCUT2D eigenvalue weighted by molar-refractivity contribution is 0.0390. The van der Waals surface area contributed by atoms with Gasteiger partial charge < -0.3 is 10.1 Å². The third kappa shape index (κ3) is 10.7. The monoisotopic (exact) mass is 797 g/mol. The molecule has 4 aromatic rings. The number of carbonyl (C=O) groups excluding carboxylic acids is 1. The number of hydrogen-bond donors (Lipinski definition) is 2. The highest BCUT2D eigenvalue weighted by atomic mass is 35.5. The van der Waals surface area contributed by atoms with Gasteiger partial charge in [-0.2, -0.15) is 5.10 Å². The van der Waals surface area contributed by atoms with Crippen LogP contribution in [0.2, 0.25) is 0 Å². The third-order valence-electron chi connectivity index (χ3n) is 9.31. The Morgan fingerprint density at radius 1 is 0.885 bits per heavy atom. The maximum atomic E-state index is 13.5. The van der Waals surface area contributed by atoms with Crippen LogP contribution in [0.1, 0.15) is 29.8 Å². The normalized spacial score (nSPS) is 15.5. The summed E-state index contributed by atoms with van der Waals surface area (Å²) in [4.78, 5) is 20.1. The van der Waals surface area contributed by atoms with Gasteiger partial charge in [-0.1, -0.05) is 18.2 Å². The lowest BCUT2D eigenvalue weighted by Gasteiger charge is -2.38. The number of nitrogens with zero attached hydrogens (tertiary/aromatic N) is 5. The minimum Gasteiger partial charge on any atom is -0.379 e. The second-order valence-corrected chi connectivity index (χ2v) is 14.3. The van der Waals surface area contributed by atoms with E-state index in [1.165, 1.54) is 12.1 Å². The van der Waals surface area contributed by atoms with Crippen LogP contribution in [0, 0.1) is 19.7 Å². The molecule has 2 amide bonds. The van der Waals surface area contributed by atoms with E-state index in [0.717, 1.165) is 73.9 Å². The van der Waals surface area contributed by atoms with Crippen molar-refractivity contribution in [2.45, 2.75) is 44.2 Å². The molecule has 16 heteroatoms. The molecule has 3 aromatic carbocycles. The highest BCUT2D eigenvalue weighted by Gasteiger charge is 2.30. The van der Waals surface area contributed by atoms with Crippen molar-refractivity contribution < 1.29 is 22.3 Å². The minimum absolute atomic E-state index is 0. The summed E-state index contributed by atoms with van der Waals surface area (Å²) in [6.45, 7) is 10.3. The lowest BCUT2D eigenvalue weighted by atomic mass is 10.0. The number of para-hydroxylation sites is 1. The molecule has 0 bridgehead atoms. The van der Waals surface area contributed by atoms with Crippen LogP contribution in [0.15, 0.2) is 83.8 Å². The highest BCUT2D eigenvalue weighted by molar-refractivity contribution is 7.89. The van der Waals surface area contributed by atoms with Crippen LogP contribution in [0.5, 0.6) is 0 Å². The second kappa shape index (κ2) is 19.7. The number of amides is 2. The van der Waals surface area contributed by atoms with Crippen molar-refractivity contribution in [1.82, 2.24) is 24.3 Å². The summed E-state index contributed by atoms with van der Waals surface area (Å²) in [7, 11) is -3.63. The van der Waals surface area contributed by atoms with Gasteiger partial charge in [0.05, 0.1) is 29.5 Å². The highest BCUT2D eigenvalue weighted by Crippen LogP contribution is 2.27. The SMILES string of the molecule is Cc1nn(-c2ccc(S(=O)(=O)NCCN3CCOCC3)cc2)c(C)c1CN1CCC(N(C(=O)Nc2ccc(F)cc2)c2ccccc2)CC1.Cl.Cl.Cl. The number of rotatable bonds is 11. The van der Waals surface area contributed by atoms with Gasteiger partial charge in [-0.05, 0) is 87.4 Å². The number of benzene rings is 3. The Balaban J connectivity index is 0.00000243. The standard InChI is InChI=1S/C36H44FN7O4S.3ClH/c1-27-35(28(2)44(40-27)33-12-14-34(15-13-33)49(46,47)38-18-21-41-22-24-48-25-23-41)26-42-19-16-32(17-20-42)43(31-6-4-3-5-7-31)36(45)39-30-10-8-29(37)9-11-30;;;/h3-15,32,38H,16-26H2,1-2H3,(H,39,45);3*1H. The largest absolute Gasteiger partial charge is 0.379 e. The summed E-state index contributed by atoms with van der Waals surface area (Å²) in [5.41, 5.74) is 5.21. The Hall–Kier alpha value is -3.27. The number of aryl methyl sites for hydroxylation is 1. The van der Waals surface area contributed by atoms with E-state index in [9.17, 15) is 17.6 Å². The van der Waals surface area contributed by atoms with Gasteiger partial charge in [-0.3, -0.25) is 14.7 Å². The maximum absolute atomic E-state index is 13.5. The number of halogens is 4. The van der Waals surface area contributed by atoms with Crippen molar-refractivity contribution >= 4 is 64.7 Å². The molecule has 0 spiro atoms. The van der Waals surface area contributed by atoms with E-state index >= 15 is 0 Å². The first-order valence-corrected chi connectivity index (χ1v) is 18.2. The van der Waals surface area contributed by atoms with Gasteiger partial charge >= 0.3 is 6.03 Å². The molecule has 2 aliphatic heterocycles. The summed E-state index contributed by atoms with van der Waals surface area (Å²) in [5.74, 6) is -0.353. The molecule has 2 N–H and O–H groups in total. The minimum atomic E-state index is -3.63. The number of ether oxygens (including phenoxy) is 1. The van der Waals surface area contributed by atoms with Crippen molar-refractivity contribution in [1.29, 1.82) is 0 Å². The van der Waals surface area contributed by atoms with Gasteiger partial charge in [-0.25, -0.2) is 27.0 Å². The van der Waals surface area contributed by atoms with E-state index in [1.807, 2.05) is 53.8 Å². The molecule has 0 aliphatic carbocycles. The zero-order valence-corrected chi connectivity index (χ0v) is 32.5. The van der Waals surface area contributed by atoms with Crippen molar-refractivity contribution in [2.75, 3.05) is 62.7 Å². The fourth-order valence-electron chi connectivity index (χ4n) is 6.53. The second-order valence-electron chi connectivity index (χ2n) is 12.6.